The minimum Gasteiger partial charge on any atom is -0.458 e. The number of morpholine rings is 1. The second kappa shape index (κ2) is 11.1. The van der Waals surface area contributed by atoms with E-state index in [0.717, 1.165) is 32.1 Å². The molecule has 0 saturated carbocycles. The summed E-state index contributed by atoms with van der Waals surface area (Å²) in [5.41, 5.74) is 7.95. The third-order valence-electron chi connectivity index (χ3n) is 4.10. The molecule has 0 bridgehead atoms. The third-order valence-corrected chi connectivity index (χ3v) is 4.44. The molecule has 1 aliphatic heterocycles. The molecule has 0 aliphatic carbocycles. The van der Waals surface area contributed by atoms with Gasteiger partial charge in [-0.05, 0) is 45.1 Å². The molecule has 0 radical (unpaired) electrons. The summed E-state index contributed by atoms with van der Waals surface area (Å²) in [6, 6.07) is 4.00. The number of furan rings is 1. The van der Waals surface area contributed by atoms with Crippen molar-refractivity contribution in [3.05, 3.63) is 23.7 Å². The molecule has 8 nitrogen and oxygen atoms in total. The zero-order chi connectivity index (χ0) is 19.6. The number of nitrogens with one attached hydrogen (secondary N) is 3. The largest absolute Gasteiger partial charge is 0.458 e. The average Bonchev–Trinajstić information content (AvgIpc) is 3.16. The smallest absolute Gasteiger partial charge is 0.186 e. The lowest BCUT2D eigenvalue weighted by Crippen LogP contribution is -2.37. The Hall–Kier alpha value is -1.88. The van der Waals surface area contributed by atoms with Gasteiger partial charge in [-0.15, -0.1) is 0 Å². The maximum absolute atomic E-state index is 6.09. The first-order valence-electron chi connectivity index (χ1n) is 8.84. The van der Waals surface area contributed by atoms with E-state index in [0.29, 0.717) is 28.8 Å². The molecule has 1 aromatic heterocycles. The van der Waals surface area contributed by atoms with E-state index in [-0.39, 0.29) is 6.04 Å². The number of hydrazone groups is 2. The quantitative estimate of drug-likeness (QED) is 0.340. The van der Waals surface area contributed by atoms with Gasteiger partial charge in [-0.1, -0.05) is 12.2 Å². The van der Waals surface area contributed by atoms with Crippen molar-refractivity contribution in [3.63, 3.8) is 0 Å². The minimum absolute atomic E-state index is 0.149. The summed E-state index contributed by atoms with van der Waals surface area (Å²) in [7, 11) is 0. The first-order valence-corrected chi connectivity index (χ1v) is 9.72. The molecule has 0 aromatic carbocycles. The lowest BCUT2D eigenvalue weighted by atomic mass is 10.2. The summed E-state index contributed by atoms with van der Waals surface area (Å²) in [5, 5.41) is 12.0. The number of hydrogen-bond acceptors (Lipinski definition) is 7. The van der Waals surface area contributed by atoms with Crippen LogP contribution < -0.4 is 16.2 Å². The highest BCUT2D eigenvalue weighted by atomic mass is 32.1. The second-order valence-electron chi connectivity index (χ2n) is 5.90. The molecule has 148 valence electrons. The van der Waals surface area contributed by atoms with Gasteiger partial charge in [-0.25, -0.2) is 0 Å². The van der Waals surface area contributed by atoms with Crippen LogP contribution in [0, 0.1) is 0 Å². The van der Waals surface area contributed by atoms with E-state index in [1.54, 1.807) is 0 Å². The molecule has 0 spiro atoms. The molecule has 2 rings (SSSR count). The van der Waals surface area contributed by atoms with E-state index in [9.17, 15) is 0 Å². The summed E-state index contributed by atoms with van der Waals surface area (Å²) >= 11 is 9.93. The number of nitrogens with zero attached hydrogens (tertiary/aromatic N) is 3. The standard InChI is InChI=1S/C17H26N6O2S2/c1-4-18-17(27)22-21-16(12(2)20-19-11-26)15-6-5-14(25-15)13(3)23-7-9-24-10-8-23/h5-6,11,13H,4,7-10H2,1-3H3,(H,19,26)(H2,18,22,27)/b20-12+,21-16-. The fourth-order valence-corrected chi connectivity index (χ4v) is 2.89. The van der Waals surface area contributed by atoms with Crippen molar-refractivity contribution >= 4 is 46.5 Å². The molecule has 1 saturated heterocycles. The van der Waals surface area contributed by atoms with Crippen LogP contribution in [0.2, 0.25) is 0 Å². The van der Waals surface area contributed by atoms with Gasteiger partial charge in [0.1, 0.15) is 11.5 Å². The number of thiocarbonyl (C=S) groups is 2. The lowest BCUT2D eigenvalue weighted by molar-refractivity contribution is 0.0157. The molecular formula is C17H26N6O2S2. The van der Waals surface area contributed by atoms with Crippen molar-refractivity contribution in [1.29, 1.82) is 0 Å². The highest BCUT2D eigenvalue weighted by molar-refractivity contribution is 7.80. The van der Waals surface area contributed by atoms with Gasteiger partial charge in [-0.2, -0.15) is 10.2 Å². The van der Waals surface area contributed by atoms with Crippen LogP contribution in [0.1, 0.15) is 38.3 Å². The van der Waals surface area contributed by atoms with Crippen molar-refractivity contribution in [2.75, 3.05) is 32.8 Å². The lowest BCUT2D eigenvalue weighted by Gasteiger charge is -2.31. The average molecular weight is 411 g/mol. The minimum atomic E-state index is 0.149. The van der Waals surface area contributed by atoms with E-state index >= 15 is 0 Å². The molecule has 0 amide bonds. The first-order chi connectivity index (χ1) is 13.1. The fourth-order valence-electron chi connectivity index (χ4n) is 2.65. The Morgan fingerprint density at radius 3 is 2.74 bits per heavy atom. The summed E-state index contributed by atoms with van der Waals surface area (Å²) in [6.07, 6.45) is 0. The Bertz CT molecular complexity index is 697. The zero-order valence-electron chi connectivity index (χ0n) is 15.8. The van der Waals surface area contributed by atoms with E-state index in [1.807, 2.05) is 26.0 Å². The molecule has 1 fully saturated rings. The van der Waals surface area contributed by atoms with Gasteiger partial charge in [0.25, 0.3) is 0 Å². The van der Waals surface area contributed by atoms with E-state index in [1.165, 1.54) is 5.49 Å². The number of ether oxygens (including phenoxy) is 1. The molecule has 10 heteroatoms. The van der Waals surface area contributed by atoms with Crippen LogP contribution in [0.4, 0.5) is 0 Å². The van der Waals surface area contributed by atoms with Crippen molar-refractivity contribution < 1.29 is 9.15 Å². The van der Waals surface area contributed by atoms with Gasteiger partial charge in [-0.3, -0.25) is 15.8 Å². The molecule has 1 aromatic rings. The SMILES string of the molecule is CCNC(=S)N/N=C(/C(C)=N/NC=S)c1ccc(C(C)N2CCOCC2)o1. The normalized spacial score (nSPS) is 17.3. The van der Waals surface area contributed by atoms with Gasteiger partial charge < -0.3 is 14.5 Å². The molecule has 1 unspecified atom stereocenters. The Morgan fingerprint density at radius 2 is 2.07 bits per heavy atom. The molecule has 2 heterocycles. The van der Waals surface area contributed by atoms with Gasteiger partial charge in [0.15, 0.2) is 10.9 Å². The van der Waals surface area contributed by atoms with Gasteiger partial charge >= 0.3 is 0 Å². The first kappa shape index (κ1) is 21.4. The van der Waals surface area contributed by atoms with Crippen molar-refractivity contribution in [1.82, 2.24) is 21.1 Å². The van der Waals surface area contributed by atoms with Crippen molar-refractivity contribution in [2.45, 2.75) is 26.8 Å². The highest BCUT2D eigenvalue weighted by Crippen LogP contribution is 2.23. The van der Waals surface area contributed by atoms with Crippen LogP contribution in [-0.2, 0) is 4.74 Å². The van der Waals surface area contributed by atoms with Gasteiger partial charge in [0.05, 0.1) is 30.5 Å². The second-order valence-corrected chi connectivity index (χ2v) is 6.55. The number of hydrogen-bond donors (Lipinski definition) is 3. The van der Waals surface area contributed by atoms with Gasteiger partial charge in [0, 0.05) is 19.6 Å². The monoisotopic (exact) mass is 410 g/mol. The topological polar surface area (TPSA) is 86.4 Å². The Labute approximate surface area is 170 Å². The predicted octanol–water partition coefficient (Wildman–Crippen LogP) is 1.78. The zero-order valence-corrected chi connectivity index (χ0v) is 17.5. The van der Waals surface area contributed by atoms with E-state index in [4.69, 9.17) is 33.6 Å². The van der Waals surface area contributed by atoms with Crippen molar-refractivity contribution in [2.24, 2.45) is 10.2 Å². The predicted molar refractivity (Wildman–Crippen MR) is 115 cm³/mol. The fraction of sp³-hybridized carbons (Fsp3) is 0.529. The summed E-state index contributed by atoms with van der Waals surface area (Å²) < 4.78 is 11.5. The van der Waals surface area contributed by atoms with Gasteiger partial charge in [0.2, 0.25) is 0 Å². The van der Waals surface area contributed by atoms with Crippen LogP contribution in [0.5, 0.6) is 0 Å². The Kier molecular flexibility index (Phi) is 8.79. The van der Waals surface area contributed by atoms with Crippen LogP contribution in [0.15, 0.2) is 26.8 Å². The van der Waals surface area contributed by atoms with Crippen LogP contribution in [0.3, 0.4) is 0 Å². The summed E-state index contributed by atoms with van der Waals surface area (Å²) in [6.45, 7) is 9.86. The maximum Gasteiger partial charge on any atom is 0.186 e. The Balaban J connectivity index is 2.21. The molecule has 1 atom stereocenters. The van der Waals surface area contributed by atoms with E-state index < -0.39 is 0 Å². The van der Waals surface area contributed by atoms with Crippen LogP contribution in [-0.4, -0.2) is 59.8 Å². The van der Waals surface area contributed by atoms with Crippen LogP contribution in [0.25, 0.3) is 0 Å². The van der Waals surface area contributed by atoms with Crippen molar-refractivity contribution in [3.8, 4) is 0 Å². The van der Waals surface area contributed by atoms with Crippen LogP contribution >= 0.6 is 24.4 Å². The molecule has 27 heavy (non-hydrogen) atoms. The Morgan fingerprint density at radius 1 is 1.33 bits per heavy atom. The molecular weight excluding hydrogens is 384 g/mol. The summed E-state index contributed by atoms with van der Waals surface area (Å²) in [4.78, 5) is 2.33. The highest BCUT2D eigenvalue weighted by Gasteiger charge is 2.22. The summed E-state index contributed by atoms with van der Waals surface area (Å²) in [5.74, 6) is 1.47. The van der Waals surface area contributed by atoms with E-state index in [2.05, 4.69) is 38.2 Å². The molecule has 3 N–H and O–H groups in total. The number of rotatable bonds is 8. The molecule has 1 aliphatic rings. The third kappa shape index (κ3) is 6.35. The maximum atomic E-state index is 6.09.